The summed E-state index contributed by atoms with van der Waals surface area (Å²) < 4.78 is 5.18. The molecule has 1 saturated heterocycles. The molecule has 3 N–H and O–H groups in total. The van der Waals surface area contributed by atoms with Crippen molar-refractivity contribution in [2.45, 2.75) is 13.0 Å². The number of carbonyl (C=O) groups excluding carboxylic acids is 1. The number of amides is 1. The summed E-state index contributed by atoms with van der Waals surface area (Å²) in [5.41, 5.74) is 3.00. The molecule has 0 atom stereocenters. The second-order valence-electron chi connectivity index (χ2n) is 4.68. The van der Waals surface area contributed by atoms with Crippen LogP contribution < -0.4 is 11.3 Å². The molecule has 1 aliphatic heterocycles. The fourth-order valence-electron chi connectivity index (χ4n) is 2.22. The maximum absolute atomic E-state index is 11.5. The van der Waals surface area contributed by atoms with Crippen molar-refractivity contribution in [3.05, 3.63) is 23.7 Å². The van der Waals surface area contributed by atoms with Gasteiger partial charge in [0.2, 0.25) is 0 Å². The van der Waals surface area contributed by atoms with Gasteiger partial charge in [-0.25, -0.2) is 5.84 Å². The lowest BCUT2D eigenvalue weighted by Crippen LogP contribution is -2.32. The van der Waals surface area contributed by atoms with Gasteiger partial charge in [-0.15, -0.1) is 0 Å². The van der Waals surface area contributed by atoms with Crippen LogP contribution in [0.25, 0.3) is 0 Å². The van der Waals surface area contributed by atoms with E-state index in [4.69, 9.17) is 10.3 Å². The van der Waals surface area contributed by atoms with Crippen molar-refractivity contribution in [3.63, 3.8) is 0 Å². The quantitative estimate of drug-likeness (QED) is 0.451. The summed E-state index contributed by atoms with van der Waals surface area (Å²) in [6, 6.07) is 1.83. The summed E-state index contributed by atoms with van der Waals surface area (Å²) in [5, 5.41) is 0. The molecule has 100 valence electrons. The summed E-state index contributed by atoms with van der Waals surface area (Å²) in [5.74, 6) is 5.07. The van der Waals surface area contributed by atoms with Gasteiger partial charge in [-0.1, -0.05) is 0 Å². The predicted octanol–water partition coefficient (Wildman–Crippen LogP) is 0.0206. The van der Waals surface area contributed by atoms with E-state index < -0.39 is 0 Å². The first-order valence-corrected chi connectivity index (χ1v) is 6.19. The first-order valence-electron chi connectivity index (χ1n) is 6.19. The van der Waals surface area contributed by atoms with E-state index in [9.17, 15) is 4.79 Å². The number of rotatable bonds is 3. The minimum absolute atomic E-state index is 0.315. The third kappa shape index (κ3) is 3.10. The Morgan fingerprint density at radius 1 is 1.44 bits per heavy atom. The fourth-order valence-corrected chi connectivity index (χ4v) is 2.22. The SMILES string of the molecule is CN1CCCN(Cc2ccoc2C(=O)NN)CC1. The molecule has 1 aromatic rings. The van der Waals surface area contributed by atoms with Gasteiger partial charge in [0.25, 0.3) is 0 Å². The van der Waals surface area contributed by atoms with Gasteiger partial charge in [0.1, 0.15) is 0 Å². The van der Waals surface area contributed by atoms with Crippen molar-refractivity contribution in [2.24, 2.45) is 5.84 Å². The highest BCUT2D eigenvalue weighted by molar-refractivity contribution is 5.92. The monoisotopic (exact) mass is 252 g/mol. The molecule has 0 spiro atoms. The third-order valence-electron chi connectivity index (χ3n) is 3.29. The molecule has 0 bridgehead atoms. The lowest BCUT2D eigenvalue weighted by atomic mass is 10.2. The minimum atomic E-state index is -0.373. The molecule has 0 unspecified atom stereocenters. The van der Waals surface area contributed by atoms with Crippen LogP contribution in [0.15, 0.2) is 16.7 Å². The second-order valence-corrected chi connectivity index (χ2v) is 4.68. The Labute approximate surface area is 107 Å². The van der Waals surface area contributed by atoms with Gasteiger partial charge in [-0.2, -0.15) is 0 Å². The van der Waals surface area contributed by atoms with Crippen LogP contribution in [-0.2, 0) is 6.54 Å². The van der Waals surface area contributed by atoms with Crippen LogP contribution in [-0.4, -0.2) is 48.9 Å². The third-order valence-corrected chi connectivity index (χ3v) is 3.29. The molecule has 6 nitrogen and oxygen atoms in total. The summed E-state index contributed by atoms with van der Waals surface area (Å²) in [6.07, 6.45) is 2.68. The Morgan fingerprint density at radius 2 is 2.28 bits per heavy atom. The zero-order valence-corrected chi connectivity index (χ0v) is 10.7. The van der Waals surface area contributed by atoms with Gasteiger partial charge in [-0.05, 0) is 32.6 Å². The molecule has 0 saturated carbocycles. The van der Waals surface area contributed by atoms with Gasteiger partial charge in [0.05, 0.1) is 6.26 Å². The molecule has 0 radical (unpaired) electrons. The maximum atomic E-state index is 11.5. The van der Waals surface area contributed by atoms with Crippen LogP contribution in [0, 0.1) is 0 Å². The molecule has 6 heteroatoms. The summed E-state index contributed by atoms with van der Waals surface area (Å²) in [7, 11) is 2.13. The highest BCUT2D eigenvalue weighted by Crippen LogP contribution is 2.14. The van der Waals surface area contributed by atoms with Gasteiger partial charge < -0.3 is 9.32 Å². The van der Waals surface area contributed by atoms with E-state index in [1.54, 1.807) is 0 Å². The van der Waals surface area contributed by atoms with Crippen LogP contribution in [0.3, 0.4) is 0 Å². The first-order chi connectivity index (χ1) is 8.70. The Balaban J connectivity index is 2.00. The van der Waals surface area contributed by atoms with Crippen LogP contribution in [0.1, 0.15) is 22.5 Å². The number of hydrazine groups is 1. The molecule has 0 aliphatic carbocycles. The van der Waals surface area contributed by atoms with Crippen molar-refractivity contribution < 1.29 is 9.21 Å². The smallest absolute Gasteiger partial charge is 0.301 e. The van der Waals surface area contributed by atoms with E-state index in [2.05, 4.69) is 22.3 Å². The number of furan rings is 1. The van der Waals surface area contributed by atoms with Crippen molar-refractivity contribution in [1.82, 2.24) is 15.2 Å². The zero-order chi connectivity index (χ0) is 13.0. The Bertz CT molecular complexity index is 405. The van der Waals surface area contributed by atoms with Crippen LogP contribution in [0.4, 0.5) is 0 Å². The maximum Gasteiger partial charge on any atom is 0.301 e. The van der Waals surface area contributed by atoms with Crippen LogP contribution in [0.2, 0.25) is 0 Å². The second kappa shape index (κ2) is 5.99. The Morgan fingerprint density at radius 3 is 3.06 bits per heavy atom. The highest BCUT2D eigenvalue weighted by atomic mass is 16.3. The molecule has 0 aromatic carbocycles. The molecule has 1 aromatic heterocycles. The summed E-state index contributed by atoms with van der Waals surface area (Å²) in [4.78, 5) is 16.2. The van der Waals surface area contributed by atoms with E-state index in [1.165, 1.54) is 6.26 Å². The highest BCUT2D eigenvalue weighted by Gasteiger charge is 2.18. The van der Waals surface area contributed by atoms with E-state index in [-0.39, 0.29) is 5.91 Å². The number of nitrogens with two attached hydrogens (primary N) is 1. The molecule has 1 fully saturated rings. The van der Waals surface area contributed by atoms with Gasteiger partial charge in [0, 0.05) is 25.2 Å². The van der Waals surface area contributed by atoms with Crippen molar-refractivity contribution >= 4 is 5.91 Å². The standard InChI is InChI=1S/C12H20N4O2/c1-15-4-2-5-16(7-6-15)9-10-3-8-18-11(10)12(17)14-13/h3,8H,2,4-7,9,13H2,1H3,(H,14,17). The molecular weight excluding hydrogens is 232 g/mol. The molecule has 2 rings (SSSR count). The van der Waals surface area contributed by atoms with Crippen LogP contribution >= 0.6 is 0 Å². The predicted molar refractivity (Wildman–Crippen MR) is 67.8 cm³/mol. The summed E-state index contributed by atoms with van der Waals surface area (Å²) >= 11 is 0. The number of hydrogen-bond acceptors (Lipinski definition) is 5. The number of nitrogens with one attached hydrogen (secondary N) is 1. The molecule has 2 heterocycles. The number of nitrogens with zero attached hydrogens (tertiary/aromatic N) is 2. The number of nitrogen functional groups attached to an aromatic ring is 1. The number of hydrogen-bond donors (Lipinski definition) is 2. The minimum Gasteiger partial charge on any atom is -0.459 e. The molecule has 1 amide bonds. The van der Waals surface area contributed by atoms with E-state index in [0.717, 1.165) is 44.7 Å². The van der Waals surface area contributed by atoms with Gasteiger partial charge in [-0.3, -0.25) is 15.1 Å². The normalized spacial score (nSPS) is 18.6. The Hall–Kier alpha value is -1.37. The van der Waals surface area contributed by atoms with E-state index in [1.807, 2.05) is 6.07 Å². The lowest BCUT2D eigenvalue weighted by molar-refractivity contribution is 0.0923. The van der Waals surface area contributed by atoms with E-state index in [0.29, 0.717) is 5.76 Å². The lowest BCUT2D eigenvalue weighted by Gasteiger charge is -2.19. The Kier molecular flexibility index (Phi) is 4.35. The summed E-state index contributed by atoms with van der Waals surface area (Å²) in [6.45, 7) is 4.95. The first kappa shape index (κ1) is 13.1. The van der Waals surface area contributed by atoms with Crippen molar-refractivity contribution in [2.75, 3.05) is 33.2 Å². The largest absolute Gasteiger partial charge is 0.459 e. The average Bonchev–Trinajstić information content (AvgIpc) is 2.73. The van der Waals surface area contributed by atoms with Crippen molar-refractivity contribution in [3.8, 4) is 0 Å². The zero-order valence-electron chi connectivity index (χ0n) is 10.7. The van der Waals surface area contributed by atoms with Crippen LogP contribution in [0.5, 0.6) is 0 Å². The molecule has 1 aliphatic rings. The topological polar surface area (TPSA) is 74.7 Å². The molecular formula is C12H20N4O2. The van der Waals surface area contributed by atoms with Crippen molar-refractivity contribution in [1.29, 1.82) is 0 Å². The number of likely N-dealkylation sites (N-methyl/N-ethyl adjacent to an activating group) is 1. The number of carbonyl (C=O) groups is 1. The van der Waals surface area contributed by atoms with Gasteiger partial charge >= 0.3 is 5.91 Å². The van der Waals surface area contributed by atoms with Gasteiger partial charge in [0.15, 0.2) is 5.76 Å². The molecule has 18 heavy (non-hydrogen) atoms. The average molecular weight is 252 g/mol. The van der Waals surface area contributed by atoms with E-state index >= 15 is 0 Å². The fraction of sp³-hybridized carbons (Fsp3) is 0.583.